The molecule has 0 aliphatic carbocycles. The van der Waals surface area contributed by atoms with Crippen molar-refractivity contribution in [2.45, 2.75) is 160 Å². The summed E-state index contributed by atoms with van der Waals surface area (Å²) in [4.78, 5) is 126. The van der Waals surface area contributed by atoms with Crippen molar-refractivity contribution in [3.8, 4) is 0 Å². The summed E-state index contributed by atoms with van der Waals surface area (Å²) in [5, 5.41) is 28.4. The molecule has 5 rings (SSSR count). The Labute approximate surface area is 443 Å². The highest BCUT2D eigenvalue weighted by Gasteiger charge is 2.41. The van der Waals surface area contributed by atoms with Gasteiger partial charge in [0.15, 0.2) is 0 Å². The number of amides is 8. The van der Waals surface area contributed by atoms with E-state index in [1.165, 1.54) is 29.9 Å². The van der Waals surface area contributed by atoms with Crippen LogP contribution in [0, 0.1) is 11.8 Å². The molecule has 2 aromatic heterocycles. The van der Waals surface area contributed by atoms with E-state index < -0.39 is 114 Å². The molecule has 10 atom stereocenters. The monoisotopic (exact) mass is 1050 g/mol. The zero-order valence-electron chi connectivity index (χ0n) is 44.3. The molecule has 3 heterocycles. The zero-order chi connectivity index (χ0) is 55.5. The van der Waals surface area contributed by atoms with E-state index in [-0.39, 0.29) is 51.0 Å². The number of likely N-dealkylation sites (tertiary alicyclic amines) is 1. The van der Waals surface area contributed by atoms with Crippen LogP contribution in [0.4, 0.5) is 0 Å². The highest BCUT2D eigenvalue weighted by Crippen LogP contribution is 2.22. The maximum atomic E-state index is 14.6. The largest absolute Gasteiger partial charge is 0.390 e. The van der Waals surface area contributed by atoms with Gasteiger partial charge in [-0.15, -0.1) is 0 Å². The van der Waals surface area contributed by atoms with Crippen molar-refractivity contribution >= 4 is 47.3 Å². The fraction of sp³-hybridized carbons (Fsp3) is 0.519. The third kappa shape index (κ3) is 17.6. The first kappa shape index (κ1) is 59.4. The predicted octanol–water partition coefficient (Wildman–Crippen LogP) is 0.759. The van der Waals surface area contributed by atoms with E-state index in [4.69, 9.17) is 11.5 Å². The Hall–Kier alpha value is -7.46. The van der Waals surface area contributed by atoms with Gasteiger partial charge in [-0.1, -0.05) is 102 Å². The number of H-pyrrole nitrogens is 2. The lowest BCUT2D eigenvalue weighted by Crippen LogP contribution is -2.61. The van der Waals surface area contributed by atoms with Gasteiger partial charge in [-0.25, -0.2) is 9.97 Å². The summed E-state index contributed by atoms with van der Waals surface area (Å²) in [5.74, 6) is -5.66. The molecule has 22 heteroatoms. The van der Waals surface area contributed by atoms with Crippen LogP contribution < -0.4 is 43.4 Å². The van der Waals surface area contributed by atoms with Crippen molar-refractivity contribution in [3.05, 3.63) is 108 Å². The average Bonchev–Trinajstić information content (AvgIpc) is 4.22. The number of hydrogen-bond acceptors (Lipinski definition) is 12. The fourth-order valence-electron chi connectivity index (χ4n) is 8.93. The highest BCUT2D eigenvalue weighted by atomic mass is 16.3. The van der Waals surface area contributed by atoms with E-state index >= 15 is 0 Å². The number of primary amides is 1. The quantitative estimate of drug-likeness (QED) is 0.0359. The lowest BCUT2D eigenvalue weighted by atomic mass is 9.95. The van der Waals surface area contributed by atoms with Crippen LogP contribution in [-0.2, 0) is 64.0 Å². The molecule has 412 valence electrons. The molecule has 0 spiro atoms. The molecule has 1 fully saturated rings. The average molecular weight is 1050 g/mol. The van der Waals surface area contributed by atoms with Gasteiger partial charge in [-0.3, -0.25) is 38.4 Å². The second-order valence-corrected chi connectivity index (χ2v) is 20.5. The number of aromatic nitrogens is 4. The Balaban J connectivity index is 1.33. The predicted molar refractivity (Wildman–Crippen MR) is 283 cm³/mol. The Morgan fingerprint density at radius 2 is 1.26 bits per heavy atom. The first-order valence-corrected chi connectivity index (χ1v) is 26.1. The van der Waals surface area contributed by atoms with E-state index in [0.29, 0.717) is 36.2 Å². The SMILES string of the molecule is CCC(C)C(NC(=O)CC(O)C(CC(C)C)NC(=O)C(Cc1cnc[nH]1)NC(=O)C(Cc1ccccc1)NC(=O)C1CCCN1C(=O)C(Cc1cnc[nH]1)NC(=O)C(C)(N)CC)C(=O)NC(Cc1ccccc1)C(N)=O. The molecule has 10 unspecified atom stereocenters. The van der Waals surface area contributed by atoms with E-state index in [2.05, 4.69) is 51.8 Å². The van der Waals surface area contributed by atoms with Crippen molar-refractivity contribution in [3.63, 3.8) is 0 Å². The van der Waals surface area contributed by atoms with Gasteiger partial charge in [0, 0.05) is 56.0 Å². The molecule has 0 bridgehead atoms. The summed E-state index contributed by atoms with van der Waals surface area (Å²) in [5.41, 5.74) is 13.2. The van der Waals surface area contributed by atoms with Crippen LogP contribution in [0.5, 0.6) is 0 Å². The molecule has 0 saturated carbocycles. The molecule has 0 radical (unpaired) electrons. The Morgan fingerprint density at radius 3 is 1.79 bits per heavy atom. The minimum Gasteiger partial charge on any atom is -0.390 e. The van der Waals surface area contributed by atoms with Crippen molar-refractivity contribution in [2.75, 3.05) is 6.54 Å². The second kappa shape index (κ2) is 28.4. The first-order valence-electron chi connectivity index (χ1n) is 26.1. The van der Waals surface area contributed by atoms with Gasteiger partial charge >= 0.3 is 0 Å². The van der Waals surface area contributed by atoms with Crippen LogP contribution >= 0.6 is 0 Å². The van der Waals surface area contributed by atoms with Gasteiger partial charge in [0.05, 0.1) is 36.8 Å². The highest BCUT2D eigenvalue weighted by molar-refractivity contribution is 5.97. The standard InChI is InChI=1S/C54H77N13O9/c1-7-33(5)46(51(74)62-39(47(55)70)23-34-16-11-9-12-17-34)66-45(69)27-44(68)38(22-32(3)4)61-49(72)41(25-36-28-57-30-59-36)63-48(71)40(24-35-18-13-10-14-19-35)64-50(73)43-20-15-21-67(43)52(75)42(26-37-29-58-31-60-37)65-53(76)54(6,56)8-2/h9-14,16-19,28-33,38-44,46,68H,7-8,15,20-27,56H2,1-6H3,(H2,55,70)(H,57,59)(H,58,60)(H,61,72)(H,62,74)(H,63,71)(H,64,73)(H,65,76)(H,66,69). The van der Waals surface area contributed by atoms with Crippen LogP contribution in [0.3, 0.4) is 0 Å². The Kier molecular flexibility index (Phi) is 22.2. The lowest BCUT2D eigenvalue weighted by molar-refractivity contribution is -0.142. The third-order valence-electron chi connectivity index (χ3n) is 13.9. The smallest absolute Gasteiger partial charge is 0.246 e. The van der Waals surface area contributed by atoms with E-state index in [1.807, 2.05) is 26.8 Å². The molecular weight excluding hydrogens is 975 g/mol. The van der Waals surface area contributed by atoms with Gasteiger partial charge in [0.2, 0.25) is 47.3 Å². The zero-order valence-corrected chi connectivity index (χ0v) is 44.3. The number of benzene rings is 2. The van der Waals surface area contributed by atoms with Gasteiger partial charge in [0.1, 0.15) is 36.3 Å². The summed E-state index contributed by atoms with van der Waals surface area (Å²) >= 11 is 0. The number of nitrogens with zero attached hydrogens (tertiary/aromatic N) is 3. The minimum atomic E-state index is -1.46. The number of aliphatic hydroxyl groups excluding tert-OH is 1. The molecule has 1 saturated heterocycles. The van der Waals surface area contributed by atoms with Crippen molar-refractivity contribution in [1.82, 2.24) is 56.7 Å². The number of hydrogen-bond donors (Lipinski definition) is 11. The van der Waals surface area contributed by atoms with Gasteiger partial charge in [-0.05, 0) is 55.6 Å². The molecule has 13 N–H and O–H groups in total. The molecule has 22 nitrogen and oxygen atoms in total. The fourth-order valence-corrected chi connectivity index (χ4v) is 8.93. The first-order chi connectivity index (χ1) is 36.2. The maximum Gasteiger partial charge on any atom is 0.246 e. The molecule has 1 aliphatic rings. The normalized spacial score (nSPS) is 17.3. The van der Waals surface area contributed by atoms with Crippen LogP contribution in [0.2, 0.25) is 0 Å². The maximum absolute atomic E-state index is 14.6. The molecule has 2 aromatic carbocycles. The van der Waals surface area contributed by atoms with Crippen molar-refractivity contribution in [1.29, 1.82) is 0 Å². The molecule has 4 aromatic rings. The van der Waals surface area contributed by atoms with E-state index in [1.54, 1.807) is 75.4 Å². The lowest BCUT2D eigenvalue weighted by Gasteiger charge is -2.32. The van der Waals surface area contributed by atoms with Gasteiger partial charge in [0.25, 0.3) is 0 Å². The number of carbonyl (C=O) groups is 8. The number of nitrogens with one attached hydrogen (secondary N) is 8. The summed E-state index contributed by atoms with van der Waals surface area (Å²) in [6, 6.07) is 10.1. The molecule has 1 aliphatic heterocycles. The molecule has 8 amide bonds. The van der Waals surface area contributed by atoms with Crippen molar-refractivity contribution < 1.29 is 43.5 Å². The summed E-state index contributed by atoms with van der Waals surface area (Å²) in [6.07, 6.45) is 5.71. The van der Waals surface area contributed by atoms with E-state index in [0.717, 1.165) is 5.56 Å². The summed E-state index contributed by atoms with van der Waals surface area (Å²) in [7, 11) is 0. The second-order valence-electron chi connectivity index (χ2n) is 20.5. The topological polar surface area (TPSA) is 342 Å². The minimum absolute atomic E-state index is 0.00222. The number of aromatic amines is 2. The Morgan fingerprint density at radius 1 is 0.724 bits per heavy atom. The van der Waals surface area contributed by atoms with Gasteiger partial charge in [-0.2, -0.15) is 0 Å². The molecular formula is C54H77N13O9. The number of rotatable bonds is 29. The van der Waals surface area contributed by atoms with Crippen LogP contribution in [0.15, 0.2) is 85.7 Å². The number of nitrogens with two attached hydrogens (primary N) is 2. The number of aliphatic hydroxyl groups is 1. The number of imidazole rings is 2. The summed E-state index contributed by atoms with van der Waals surface area (Å²) < 4.78 is 0. The summed E-state index contributed by atoms with van der Waals surface area (Å²) in [6.45, 7) is 10.9. The van der Waals surface area contributed by atoms with Crippen LogP contribution in [-0.4, -0.2) is 138 Å². The van der Waals surface area contributed by atoms with Crippen LogP contribution in [0.25, 0.3) is 0 Å². The van der Waals surface area contributed by atoms with Crippen LogP contribution in [0.1, 0.15) is 103 Å². The van der Waals surface area contributed by atoms with Crippen molar-refractivity contribution in [2.24, 2.45) is 23.3 Å². The van der Waals surface area contributed by atoms with E-state index in [9.17, 15) is 43.5 Å². The Bertz CT molecular complexity index is 2530. The third-order valence-corrected chi connectivity index (χ3v) is 13.9. The number of carbonyl (C=O) groups excluding carboxylic acids is 8. The molecule has 76 heavy (non-hydrogen) atoms. The van der Waals surface area contributed by atoms with Gasteiger partial charge < -0.3 is 63.3 Å².